The minimum atomic E-state index is 0.704. The zero-order valence-electron chi connectivity index (χ0n) is 11.3. The van der Waals surface area contributed by atoms with Crippen molar-refractivity contribution in [1.82, 2.24) is 5.32 Å². The van der Waals surface area contributed by atoms with Crippen molar-refractivity contribution in [2.45, 2.75) is 46.5 Å². The molecule has 0 aliphatic rings. The van der Waals surface area contributed by atoms with Crippen LogP contribution in [0.15, 0.2) is 12.2 Å². The Hall–Kier alpha value is -0.340. The Morgan fingerprint density at radius 2 is 2.06 bits per heavy atom. The molecule has 96 valence electrons. The van der Waals surface area contributed by atoms with Gasteiger partial charge < -0.3 is 10.1 Å². The van der Waals surface area contributed by atoms with Crippen LogP contribution < -0.4 is 5.32 Å². The lowest BCUT2D eigenvalue weighted by Crippen LogP contribution is -2.19. The van der Waals surface area contributed by atoms with Gasteiger partial charge in [0, 0.05) is 13.2 Å². The average Bonchev–Trinajstić information content (AvgIpc) is 2.30. The molecule has 2 nitrogen and oxygen atoms in total. The predicted octanol–water partition coefficient (Wildman–Crippen LogP) is 3.39. The van der Waals surface area contributed by atoms with E-state index in [9.17, 15) is 0 Å². The molecule has 0 aromatic heterocycles. The molecule has 1 N–H and O–H groups in total. The Balaban J connectivity index is 3.49. The van der Waals surface area contributed by atoms with Gasteiger partial charge >= 0.3 is 0 Å². The second-order valence-electron chi connectivity index (χ2n) is 4.46. The van der Waals surface area contributed by atoms with E-state index in [1.807, 2.05) is 0 Å². The molecule has 1 unspecified atom stereocenters. The van der Waals surface area contributed by atoms with Crippen molar-refractivity contribution in [3.05, 3.63) is 12.2 Å². The normalized spacial score (nSPS) is 12.7. The lowest BCUT2D eigenvalue weighted by molar-refractivity contribution is 0.110. The lowest BCUT2D eigenvalue weighted by Gasteiger charge is -2.15. The van der Waals surface area contributed by atoms with Gasteiger partial charge in [0.1, 0.15) is 0 Å². The summed E-state index contributed by atoms with van der Waals surface area (Å²) < 4.78 is 5.70. The molecule has 0 heterocycles. The SMILES string of the molecule is C=C(CNCC)COCC(CC)CCCC. The third-order valence-corrected chi connectivity index (χ3v) is 2.83. The van der Waals surface area contributed by atoms with Crippen LogP contribution in [0.25, 0.3) is 0 Å². The van der Waals surface area contributed by atoms with Crippen molar-refractivity contribution in [2.24, 2.45) is 5.92 Å². The summed E-state index contributed by atoms with van der Waals surface area (Å²) >= 11 is 0. The fraction of sp³-hybridized carbons (Fsp3) is 0.857. The van der Waals surface area contributed by atoms with Crippen molar-refractivity contribution < 1.29 is 4.74 Å². The molecule has 0 radical (unpaired) electrons. The summed E-state index contributed by atoms with van der Waals surface area (Å²) in [5, 5.41) is 3.25. The zero-order chi connectivity index (χ0) is 12.2. The van der Waals surface area contributed by atoms with Crippen molar-refractivity contribution in [3.63, 3.8) is 0 Å². The van der Waals surface area contributed by atoms with E-state index in [4.69, 9.17) is 4.74 Å². The van der Waals surface area contributed by atoms with Gasteiger partial charge in [0.25, 0.3) is 0 Å². The third kappa shape index (κ3) is 8.93. The minimum absolute atomic E-state index is 0.704. The maximum atomic E-state index is 5.70. The van der Waals surface area contributed by atoms with E-state index >= 15 is 0 Å². The summed E-state index contributed by atoms with van der Waals surface area (Å²) in [5.41, 5.74) is 1.15. The van der Waals surface area contributed by atoms with Crippen molar-refractivity contribution in [3.8, 4) is 0 Å². The van der Waals surface area contributed by atoms with E-state index in [1.165, 1.54) is 25.7 Å². The van der Waals surface area contributed by atoms with E-state index in [2.05, 4.69) is 32.7 Å². The largest absolute Gasteiger partial charge is 0.377 e. The molecule has 0 aromatic carbocycles. The van der Waals surface area contributed by atoms with Gasteiger partial charge in [0.15, 0.2) is 0 Å². The molecular weight excluding hydrogens is 198 g/mol. The summed E-state index contributed by atoms with van der Waals surface area (Å²) in [6.07, 6.45) is 5.12. The third-order valence-electron chi connectivity index (χ3n) is 2.83. The molecule has 0 amide bonds. The standard InChI is InChI=1S/C14H29NO/c1-5-8-9-14(6-2)12-16-11-13(4)10-15-7-3/h14-15H,4-12H2,1-3H3. The number of hydrogen-bond donors (Lipinski definition) is 1. The van der Waals surface area contributed by atoms with Crippen LogP contribution in [0.1, 0.15) is 46.5 Å². The van der Waals surface area contributed by atoms with Crippen molar-refractivity contribution in [1.29, 1.82) is 0 Å². The highest BCUT2D eigenvalue weighted by Gasteiger charge is 2.05. The summed E-state index contributed by atoms with van der Waals surface area (Å²) in [6.45, 7) is 14.0. The fourth-order valence-corrected chi connectivity index (χ4v) is 1.62. The van der Waals surface area contributed by atoms with Crippen LogP contribution in [0.2, 0.25) is 0 Å². The van der Waals surface area contributed by atoms with Crippen LogP contribution >= 0.6 is 0 Å². The molecule has 2 heteroatoms. The first-order valence-corrected chi connectivity index (χ1v) is 6.69. The Labute approximate surface area is 101 Å². The van der Waals surface area contributed by atoms with E-state index in [-0.39, 0.29) is 0 Å². The van der Waals surface area contributed by atoms with Crippen LogP contribution in [0.3, 0.4) is 0 Å². The minimum Gasteiger partial charge on any atom is -0.377 e. The molecule has 1 atom stereocenters. The number of unbranched alkanes of at least 4 members (excludes halogenated alkanes) is 1. The maximum Gasteiger partial charge on any atom is 0.0686 e. The monoisotopic (exact) mass is 227 g/mol. The highest BCUT2D eigenvalue weighted by molar-refractivity contribution is 4.96. The summed E-state index contributed by atoms with van der Waals surface area (Å²) in [5.74, 6) is 0.729. The zero-order valence-corrected chi connectivity index (χ0v) is 11.3. The molecule has 0 saturated carbocycles. The Kier molecular flexibility index (Phi) is 10.9. The lowest BCUT2D eigenvalue weighted by atomic mass is 10.0. The van der Waals surface area contributed by atoms with Crippen LogP contribution in [-0.4, -0.2) is 26.3 Å². The van der Waals surface area contributed by atoms with Crippen LogP contribution in [0, 0.1) is 5.92 Å². The first kappa shape index (κ1) is 15.7. The molecular formula is C14H29NO. The summed E-state index contributed by atoms with van der Waals surface area (Å²) in [6, 6.07) is 0. The van der Waals surface area contributed by atoms with E-state index in [0.717, 1.165) is 31.2 Å². The fourth-order valence-electron chi connectivity index (χ4n) is 1.62. The highest BCUT2D eigenvalue weighted by Crippen LogP contribution is 2.12. The summed E-state index contributed by atoms with van der Waals surface area (Å²) in [7, 11) is 0. The molecule has 0 saturated heterocycles. The molecule has 0 bridgehead atoms. The van der Waals surface area contributed by atoms with Gasteiger partial charge in [0.05, 0.1) is 6.61 Å². The van der Waals surface area contributed by atoms with Crippen LogP contribution in [-0.2, 0) is 4.74 Å². The van der Waals surface area contributed by atoms with E-state index < -0.39 is 0 Å². The first-order chi connectivity index (χ1) is 7.74. The molecule has 0 fully saturated rings. The first-order valence-electron chi connectivity index (χ1n) is 6.69. The molecule has 0 rings (SSSR count). The second kappa shape index (κ2) is 11.2. The van der Waals surface area contributed by atoms with Gasteiger partial charge in [-0.05, 0) is 24.5 Å². The van der Waals surface area contributed by atoms with Gasteiger partial charge in [-0.3, -0.25) is 0 Å². The molecule has 0 aliphatic carbocycles. The number of hydrogen-bond acceptors (Lipinski definition) is 2. The quantitative estimate of drug-likeness (QED) is 0.546. The smallest absolute Gasteiger partial charge is 0.0686 e. The van der Waals surface area contributed by atoms with E-state index in [0.29, 0.717) is 6.61 Å². The maximum absolute atomic E-state index is 5.70. The van der Waals surface area contributed by atoms with Gasteiger partial charge in [-0.2, -0.15) is 0 Å². The summed E-state index contributed by atoms with van der Waals surface area (Å²) in [4.78, 5) is 0. The van der Waals surface area contributed by atoms with Crippen LogP contribution in [0.5, 0.6) is 0 Å². The molecule has 0 spiro atoms. The van der Waals surface area contributed by atoms with Gasteiger partial charge in [-0.15, -0.1) is 0 Å². The Morgan fingerprint density at radius 1 is 1.31 bits per heavy atom. The van der Waals surface area contributed by atoms with Crippen molar-refractivity contribution in [2.75, 3.05) is 26.3 Å². The van der Waals surface area contributed by atoms with Gasteiger partial charge in [0.2, 0.25) is 0 Å². The number of likely N-dealkylation sites (N-methyl/N-ethyl adjacent to an activating group) is 1. The predicted molar refractivity (Wildman–Crippen MR) is 71.8 cm³/mol. The number of ether oxygens (including phenoxy) is 1. The Bertz CT molecular complexity index is 168. The second-order valence-corrected chi connectivity index (χ2v) is 4.46. The Morgan fingerprint density at radius 3 is 2.62 bits per heavy atom. The molecule has 0 aromatic rings. The highest BCUT2D eigenvalue weighted by atomic mass is 16.5. The van der Waals surface area contributed by atoms with Crippen molar-refractivity contribution >= 4 is 0 Å². The molecule has 0 aliphatic heterocycles. The van der Waals surface area contributed by atoms with E-state index in [1.54, 1.807) is 0 Å². The van der Waals surface area contributed by atoms with Gasteiger partial charge in [-0.1, -0.05) is 46.6 Å². The molecule has 16 heavy (non-hydrogen) atoms. The average molecular weight is 227 g/mol. The number of nitrogens with one attached hydrogen (secondary N) is 1. The topological polar surface area (TPSA) is 21.3 Å². The number of rotatable bonds is 11. The van der Waals surface area contributed by atoms with Gasteiger partial charge in [-0.25, -0.2) is 0 Å². The van der Waals surface area contributed by atoms with Crippen LogP contribution in [0.4, 0.5) is 0 Å².